The lowest BCUT2D eigenvalue weighted by Crippen LogP contribution is -2.16. The van der Waals surface area contributed by atoms with E-state index in [2.05, 4.69) is 147 Å². The van der Waals surface area contributed by atoms with E-state index in [9.17, 15) is 0 Å². The number of aromatic nitrogens is 2. The third-order valence-corrected chi connectivity index (χ3v) is 10.6. The van der Waals surface area contributed by atoms with Crippen molar-refractivity contribution in [2.45, 2.75) is 19.3 Å². The fourth-order valence-electron chi connectivity index (χ4n) is 7.36. The summed E-state index contributed by atoms with van der Waals surface area (Å²) >= 11 is 1.85. The molecular weight excluding hydrogens is 577 g/mol. The number of thiophene rings is 1. The minimum Gasteiger partial charge on any atom is -0.228 e. The summed E-state index contributed by atoms with van der Waals surface area (Å²) in [6.07, 6.45) is 0. The number of nitrogens with zero attached hydrogens (tertiary/aromatic N) is 2. The van der Waals surface area contributed by atoms with Gasteiger partial charge >= 0.3 is 0 Å². The summed E-state index contributed by atoms with van der Waals surface area (Å²) in [5.74, 6) is 0.732. The van der Waals surface area contributed by atoms with Crippen LogP contribution in [0.3, 0.4) is 0 Å². The molecule has 6 aromatic carbocycles. The fourth-order valence-corrected chi connectivity index (χ4v) is 8.53. The number of fused-ring (bicyclic) bond motifs is 6. The molecule has 2 nitrogen and oxygen atoms in total. The van der Waals surface area contributed by atoms with Crippen LogP contribution in [0.2, 0.25) is 0 Å². The molecule has 3 heteroatoms. The van der Waals surface area contributed by atoms with Gasteiger partial charge in [0.25, 0.3) is 0 Å². The molecule has 0 saturated heterocycles. The van der Waals surface area contributed by atoms with Gasteiger partial charge in [0.15, 0.2) is 5.82 Å². The topological polar surface area (TPSA) is 25.8 Å². The molecule has 218 valence electrons. The lowest BCUT2D eigenvalue weighted by atomic mass is 9.78. The Morgan fingerprint density at radius 1 is 0.478 bits per heavy atom. The van der Waals surface area contributed by atoms with E-state index < -0.39 is 0 Å². The van der Waals surface area contributed by atoms with E-state index in [4.69, 9.17) is 9.97 Å². The Kier molecular flexibility index (Phi) is 6.06. The first-order chi connectivity index (χ1) is 22.6. The monoisotopic (exact) mass is 606 g/mol. The smallest absolute Gasteiger partial charge is 0.160 e. The number of rotatable bonds is 4. The lowest BCUT2D eigenvalue weighted by molar-refractivity contribution is 0.662. The Labute approximate surface area is 272 Å². The van der Waals surface area contributed by atoms with Crippen molar-refractivity contribution in [2.24, 2.45) is 0 Å². The molecule has 0 N–H and O–H groups in total. The van der Waals surface area contributed by atoms with Gasteiger partial charge in [-0.25, -0.2) is 9.97 Å². The van der Waals surface area contributed by atoms with E-state index in [1.807, 2.05) is 23.5 Å². The molecule has 0 unspecified atom stereocenters. The van der Waals surface area contributed by atoms with Gasteiger partial charge in [-0.3, -0.25) is 0 Å². The average Bonchev–Trinajstić information content (AvgIpc) is 3.61. The number of hydrogen-bond acceptors (Lipinski definition) is 3. The van der Waals surface area contributed by atoms with Crippen LogP contribution in [0.15, 0.2) is 146 Å². The molecular formula is C43H30N2S. The minimum atomic E-state index is -0.138. The summed E-state index contributed by atoms with van der Waals surface area (Å²) in [5, 5.41) is 2.59. The molecule has 0 bridgehead atoms. The van der Waals surface area contributed by atoms with Crippen molar-refractivity contribution in [2.75, 3.05) is 0 Å². The molecule has 0 amide bonds. The maximum atomic E-state index is 5.22. The maximum absolute atomic E-state index is 5.22. The molecule has 2 heterocycles. The van der Waals surface area contributed by atoms with Gasteiger partial charge in [0.2, 0.25) is 0 Å². The molecule has 0 spiro atoms. The first kappa shape index (κ1) is 27.0. The van der Waals surface area contributed by atoms with Crippen LogP contribution in [0.5, 0.6) is 0 Å². The Morgan fingerprint density at radius 3 is 1.78 bits per heavy atom. The van der Waals surface area contributed by atoms with E-state index in [1.165, 1.54) is 53.6 Å². The lowest BCUT2D eigenvalue weighted by Gasteiger charge is -2.25. The average molecular weight is 607 g/mol. The highest BCUT2D eigenvalue weighted by Crippen LogP contribution is 2.54. The summed E-state index contributed by atoms with van der Waals surface area (Å²) < 4.78 is 2.53. The summed E-state index contributed by atoms with van der Waals surface area (Å²) in [5.41, 5.74) is 12.8. The number of hydrogen-bond donors (Lipinski definition) is 0. The van der Waals surface area contributed by atoms with Gasteiger partial charge in [-0.05, 0) is 57.6 Å². The van der Waals surface area contributed by atoms with Gasteiger partial charge in [0, 0.05) is 42.3 Å². The molecule has 9 rings (SSSR count). The van der Waals surface area contributed by atoms with Crippen LogP contribution >= 0.6 is 11.3 Å². The van der Waals surface area contributed by atoms with Crippen molar-refractivity contribution in [1.29, 1.82) is 0 Å². The van der Waals surface area contributed by atoms with E-state index >= 15 is 0 Å². The SMILES string of the molecule is CC1(C)c2ccccc2-c2cccc(-c3cc(-c4nc(-c5ccccc5)cc(-c5ccccc5)n4)cc4sc5ccccc5c34)c21. The molecule has 0 aliphatic heterocycles. The van der Waals surface area contributed by atoms with Gasteiger partial charge in [-0.1, -0.05) is 135 Å². The minimum absolute atomic E-state index is 0.138. The standard InChI is InChI=1S/C43H30N2S/c1-43(2)35-22-11-9-18-30(35)31-20-13-21-32(41(31)43)34-24-29(25-39-40(34)33-19-10-12-23-38(33)46-39)42-44-36(27-14-5-3-6-15-27)26-37(45-42)28-16-7-4-8-17-28/h3-26H,1-2H3. The highest BCUT2D eigenvalue weighted by Gasteiger charge is 2.37. The summed E-state index contributed by atoms with van der Waals surface area (Å²) in [6, 6.07) is 52.1. The maximum Gasteiger partial charge on any atom is 0.160 e. The second-order valence-electron chi connectivity index (χ2n) is 12.6. The summed E-state index contributed by atoms with van der Waals surface area (Å²) in [4.78, 5) is 10.4. The Bertz CT molecular complexity index is 2380. The summed E-state index contributed by atoms with van der Waals surface area (Å²) in [6.45, 7) is 4.74. The molecule has 2 aromatic heterocycles. The van der Waals surface area contributed by atoms with Gasteiger partial charge in [-0.2, -0.15) is 0 Å². The van der Waals surface area contributed by atoms with Crippen LogP contribution in [0.4, 0.5) is 0 Å². The van der Waals surface area contributed by atoms with Crippen molar-refractivity contribution < 1.29 is 0 Å². The van der Waals surface area contributed by atoms with Crippen LogP contribution < -0.4 is 0 Å². The first-order valence-electron chi connectivity index (χ1n) is 15.8. The largest absolute Gasteiger partial charge is 0.228 e. The highest BCUT2D eigenvalue weighted by atomic mass is 32.1. The van der Waals surface area contributed by atoms with Crippen molar-refractivity contribution in [1.82, 2.24) is 9.97 Å². The molecule has 0 radical (unpaired) electrons. The van der Waals surface area contributed by atoms with E-state index in [-0.39, 0.29) is 5.41 Å². The van der Waals surface area contributed by atoms with Crippen molar-refractivity contribution >= 4 is 31.5 Å². The number of benzene rings is 6. The molecule has 1 aliphatic carbocycles. The third kappa shape index (κ3) is 4.16. The molecule has 0 fully saturated rings. The van der Waals surface area contributed by atoms with Crippen LogP contribution in [0.1, 0.15) is 25.0 Å². The summed E-state index contributed by atoms with van der Waals surface area (Å²) in [7, 11) is 0. The van der Waals surface area contributed by atoms with Gasteiger partial charge in [-0.15, -0.1) is 11.3 Å². The normalized spacial score (nSPS) is 13.2. The van der Waals surface area contributed by atoms with Gasteiger partial charge in [0.1, 0.15) is 0 Å². The Hall–Kier alpha value is -5.38. The van der Waals surface area contributed by atoms with E-state index in [1.54, 1.807) is 0 Å². The Morgan fingerprint density at radius 2 is 1.07 bits per heavy atom. The predicted octanol–water partition coefficient (Wildman–Crippen LogP) is 11.8. The van der Waals surface area contributed by atoms with Gasteiger partial charge < -0.3 is 0 Å². The van der Waals surface area contributed by atoms with Crippen LogP contribution in [0, 0.1) is 0 Å². The van der Waals surface area contributed by atoms with Crippen LogP contribution in [-0.2, 0) is 5.41 Å². The fraction of sp³-hybridized carbons (Fsp3) is 0.0698. The van der Waals surface area contributed by atoms with Crippen molar-refractivity contribution in [3.05, 3.63) is 157 Å². The van der Waals surface area contributed by atoms with Crippen LogP contribution in [0.25, 0.3) is 76.3 Å². The quantitative estimate of drug-likeness (QED) is 0.199. The first-order valence-corrected chi connectivity index (χ1v) is 16.6. The molecule has 0 atom stereocenters. The van der Waals surface area contributed by atoms with Crippen molar-refractivity contribution in [3.8, 4) is 56.2 Å². The van der Waals surface area contributed by atoms with Gasteiger partial charge in [0.05, 0.1) is 11.4 Å². The Balaban J connectivity index is 1.35. The predicted molar refractivity (Wildman–Crippen MR) is 194 cm³/mol. The molecule has 0 saturated carbocycles. The zero-order valence-corrected chi connectivity index (χ0v) is 26.5. The molecule has 1 aliphatic rings. The van der Waals surface area contributed by atoms with E-state index in [0.29, 0.717) is 0 Å². The zero-order valence-electron chi connectivity index (χ0n) is 25.7. The van der Waals surface area contributed by atoms with Crippen molar-refractivity contribution in [3.63, 3.8) is 0 Å². The zero-order chi connectivity index (χ0) is 30.8. The third-order valence-electron chi connectivity index (χ3n) is 9.47. The second-order valence-corrected chi connectivity index (χ2v) is 13.7. The molecule has 8 aromatic rings. The van der Waals surface area contributed by atoms with E-state index in [0.717, 1.165) is 33.9 Å². The van der Waals surface area contributed by atoms with Crippen LogP contribution in [-0.4, -0.2) is 9.97 Å². The highest BCUT2D eigenvalue weighted by molar-refractivity contribution is 7.26. The molecule has 46 heavy (non-hydrogen) atoms. The second kappa shape index (κ2) is 10.3.